The molecule has 0 amide bonds. The second kappa shape index (κ2) is 11.4. The van der Waals surface area contributed by atoms with Crippen LogP contribution in [0.2, 0.25) is 0 Å². The number of phenols is 6. The molecule has 0 radical (unpaired) electrons. The lowest BCUT2D eigenvalue weighted by molar-refractivity contribution is -0.149. The molecule has 0 saturated heterocycles. The Morgan fingerprint density at radius 2 is 1.17 bits per heavy atom. The van der Waals surface area contributed by atoms with Gasteiger partial charge in [0.25, 0.3) is 0 Å². The fourth-order valence-corrected chi connectivity index (χ4v) is 2.56. The van der Waals surface area contributed by atoms with Gasteiger partial charge < -0.3 is 60.5 Å². The molecule has 2 aromatic carbocycles. The first-order valence-corrected chi connectivity index (χ1v) is 9.68. The largest absolute Gasteiger partial charge is 0.504 e. The lowest BCUT2D eigenvalue weighted by atomic mass is 10.0. The molecular formula is C21H22O15. The Bertz CT molecular complexity index is 1250. The lowest BCUT2D eigenvalue weighted by Crippen LogP contribution is -2.49. The predicted octanol–water partition coefficient (Wildman–Crippen LogP) is -2.05. The van der Waals surface area contributed by atoms with Crippen LogP contribution in [-0.2, 0) is 14.3 Å². The third-order valence-corrected chi connectivity index (χ3v) is 4.57. The van der Waals surface area contributed by atoms with Crippen molar-refractivity contribution in [2.45, 2.75) is 24.4 Å². The number of aromatic hydroxyl groups is 6. The summed E-state index contributed by atoms with van der Waals surface area (Å²) in [5.74, 6) is -10.7. The lowest BCUT2D eigenvalue weighted by Gasteiger charge is -2.25. The SMILES string of the molecule is [2H]c1c(C(=O)OCC(=O)[C@@H](O)[C@H](O)[C@H](O)[C@H](O)COC(=O)c2cc(O)c(O)c(O)c2[2H])cc(O)c(O)c1O. The first-order valence-electron chi connectivity index (χ1n) is 10.7. The van der Waals surface area contributed by atoms with Crippen LogP contribution in [0.3, 0.4) is 0 Å². The van der Waals surface area contributed by atoms with Gasteiger partial charge in [0.1, 0.15) is 31.0 Å². The Balaban J connectivity index is 1.96. The van der Waals surface area contributed by atoms with E-state index in [4.69, 9.17) is 2.74 Å². The molecule has 0 saturated carbocycles. The number of ether oxygens (including phenoxy) is 2. The predicted molar refractivity (Wildman–Crippen MR) is 112 cm³/mol. The summed E-state index contributed by atoms with van der Waals surface area (Å²) in [6, 6.07) is -0.763. The van der Waals surface area contributed by atoms with Crippen molar-refractivity contribution in [3.63, 3.8) is 0 Å². The zero-order valence-corrected chi connectivity index (χ0v) is 17.9. The summed E-state index contributed by atoms with van der Waals surface area (Å²) in [5, 5.41) is 96.3. The van der Waals surface area contributed by atoms with E-state index in [1.54, 1.807) is 0 Å². The van der Waals surface area contributed by atoms with Crippen LogP contribution in [0.15, 0.2) is 24.2 Å². The molecule has 0 aliphatic rings. The number of phenolic OH excluding ortho intramolecular Hbond substituents is 6. The van der Waals surface area contributed by atoms with E-state index < -0.39 is 113 Å². The van der Waals surface area contributed by atoms with Crippen LogP contribution in [0.1, 0.15) is 23.5 Å². The number of aliphatic hydroxyl groups excluding tert-OH is 4. The van der Waals surface area contributed by atoms with E-state index in [9.17, 15) is 65.4 Å². The number of Topliss-reactive ketones (excluding diaryl/α,β-unsaturated/α-hetero) is 1. The summed E-state index contributed by atoms with van der Waals surface area (Å²) >= 11 is 0. The van der Waals surface area contributed by atoms with E-state index >= 15 is 0 Å². The van der Waals surface area contributed by atoms with Crippen LogP contribution >= 0.6 is 0 Å². The van der Waals surface area contributed by atoms with Gasteiger partial charge in [-0.1, -0.05) is 0 Å². The van der Waals surface area contributed by atoms with Crippen molar-refractivity contribution in [3.8, 4) is 34.5 Å². The Kier molecular flexibility index (Phi) is 7.86. The fourth-order valence-electron chi connectivity index (χ4n) is 2.56. The first-order chi connectivity index (χ1) is 17.6. The number of aliphatic hydroxyl groups is 4. The minimum Gasteiger partial charge on any atom is -0.504 e. The molecule has 0 fully saturated rings. The number of ketones is 1. The molecule has 0 heterocycles. The number of carbonyl (C=O) groups excluding carboxylic acids is 3. The van der Waals surface area contributed by atoms with Crippen LogP contribution in [0.5, 0.6) is 34.5 Å². The summed E-state index contributed by atoms with van der Waals surface area (Å²) in [6.45, 7) is -2.34. The van der Waals surface area contributed by atoms with Crippen molar-refractivity contribution in [1.29, 1.82) is 0 Å². The fraction of sp³-hybridized carbons (Fsp3) is 0.286. The number of carbonyl (C=O) groups is 3. The van der Waals surface area contributed by atoms with Crippen molar-refractivity contribution < 1.29 is 77.7 Å². The number of esters is 2. The molecule has 0 bridgehead atoms. The van der Waals surface area contributed by atoms with Gasteiger partial charge in [0.2, 0.25) is 5.78 Å². The maximum absolute atomic E-state index is 12.1. The van der Waals surface area contributed by atoms with Crippen molar-refractivity contribution in [1.82, 2.24) is 0 Å². The molecule has 2 rings (SSSR count). The average Bonchev–Trinajstić information content (AvgIpc) is 2.89. The zero-order valence-electron chi connectivity index (χ0n) is 19.9. The molecule has 0 aromatic heterocycles. The second-order valence-electron chi connectivity index (χ2n) is 7.17. The Hall–Kier alpha value is -4.31. The summed E-state index contributed by atoms with van der Waals surface area (Å²) in [7, 11) is 0. The maximum atomic E-state index is 12.1. The van der Waals surface area contributed by atoms with Gasteiger partial charge in [0.05, 0.1) is 13.9 Å². The molecule has 36 heavy (non-hydrogen) atoms. The topological polar surface area (TPSA) is 272 Å². The van der Waals surface area contributed by atoms with Gasteiger partial charge >= 0.3 is 11.9 Å². The van der Waals surface area contributed by atoms with Gasteiger partial charge in [0.15, 0.2) is 41.1 Å². The monoisotopic (exact) mass is 516 g/mol. The van der Waals surface area contributed by atoms with Gasteiger partial charge in [-0.05, 0) is 24.2 Å². The highest BCUT2D eigenvalue weighted by Gasteiger charge is 2.35. The minimum atomic E-state index is -2.47. The molecule has 15 heteroatoms. The van der Waals surface area contributed by atoms with E-state index in [2.05, 4.69) is 9.47 Å². The number of benzene rings is 2. The number of hydrogen-bond donors (Lipinski definition) is 10. The first kappa shape index (κ1) is 24.8. The van der Waals surface area contributed by atoms with Crippen LogP contribution < -0.4 is 0 Å². The van der Waals surface area contributed by atoms with Crippen molar-refractivity contribution in [3.05, 3.63) is 35.3 Å². The molecule has 0 unspecified atom stereocenters. The van der Waals surface area contributed by atoms with Crippen LogP contribution in [0.4, 0.5) is 0 Å². The summed E-state index contributed by atoms with van der Waals surface area (Å²) < 4.78 is 24.2. The Labute approximate surface area is 203 Å². The molecule has 0 aliphatic carbocycles. The molecule has 0 spiro atoms. The quantitative estimate of drug-likeness (QED) is 0.120. The van der Waals surface area contributed by atoms with Crippen molar-refractivity contribution >= 4 is 17.7 Å². The maximum Gasteiger partial charge on any atom is 0.338 e. The van der Waals surface area contributed by atoms with Gasteiger partial charge in [-0.3, -0.25) is 4.79 Å². The molecule has 4 atom stereocenters. The Morgan fingerprint density at radius 1 is 0.722 bits per heavy atom. The molecular weight excluding hydrogens is 492 g/mol. The van der Waals surface area contributed by atoms with E-state index in [1.165, 1.54) is 0 Å². The van der Waals surface area contributed by atoms with Gasteiger partial charge in [-0.25, -0.2) is 9.59 Å². The third kappa shape index (κ3) is 6.42. The van der Waals surface area contributed by atoms with E-state index in [0.717, 1.165) is 0 Å². The van der Waals surface area contributed by atoms with Crippen LogP contribution in [-0.4, -0.2) is 106 Å². The number of hydrogen-bond acceptors (Lipinski definition) is 15. The van der Waals surface area contributed by atoms with Crippen molar-refractivity contribution in [2.75, 3.05) is 13.2 Å². The number of rotatable bonds is 10. The molecule has 15 nitrogen and oxygen atoms in total. The highest BCUT2D eigenvalue weighted by atomic mass is 16.5. The van der Waals surface area contributed by atoms with Crippen molar-refractivity contribution in [2.24, 2.45) is 0 Å². The standard InChI is InChI=1S/C21H22O15/c22-9-1-7(2-10(23)15(9)28)20(33)35-5-13(26)17(30)19(32)18(31)14(27)6-36-21(34)8-3-11(24)16(29)12(25)4-8/h1-4,13,17-19,22-26,28-32H,5-6H2/t13-,17-,18-,19-/m1/s1/i1D,3D. The molecule has 0 aliphatic heterocycles. The third-order valence-electron chi connectivity index (χ3n) is 4.57. The van der Waals surface area contributed by atoms with E-state index in [-0.39, 0.29) is 0 Å². The van der Waals surface area contributed by atoms with E-state index in [1.807, 2.05) is 0 Å². The summed E-state index contributed by atoms with van der Waals surface area (Å²) in [4.78, 5) is 36.2. The van der Waals surface area contributed by atoms with Crippen LogP contribution in [0.25, 0.3) is 0 Å². The molecule has 196 valence electrons. The zero-order chi connectivity index (χ0) is 29.1. The van der Waals surface area contributed by atoms with Gasteiger partial charge in [-0.15, -0.1) is 0 Å². The van der Waals surface area contributed by atoms with Gasteiger partial charge in [0, 0.05) is 0 Å². The minimum absolute atomic E-state index is 0.557. The average molecular weight is 516 g/mol. The smallest absolute Gasteiger partial charge is 0.338 e. The van der Waals surface area contributed by atoms with Crippen LogP contribution in [0, 0.1) is 0 Å². The molecule has 10 N–H and O–H groups in total. The summed E-state index contributed by atoms with van der Waals surface area (Å²) in [6.07, 6.45) is -9.36. The highest BCUT2D eigenvalue weighted by molar-refractivity contribution is 5.94. The van der Waals surface area contributed by atoms with E-state index in [0.29, 0.717) is 12.1 Å². The Morgan fingerprint density at radius 3 is 1.64 bits per heavy atom. The summed E-state index contributed by atoms with van der Waals surface area (Å²) in [5.41, 5.74) is -1.52. The molecule has 2 aromatic rings. The van der Waals surface area contributed by atoms with Gasteiger partial charge in [-0.2, -0.15) is 0 Å². The highest BCUT2D eigenvalue weighted by Crippen LogP contribution is 2.36. The normalized spacial score (nSPS) is 15.1. The second-order valence-corrected chi connectivity index (χ2v) is 7.17.